The molecule has 1 unspecified atom stereocenters. The summed E-state index contributed by atoms with van der Waals surface area (Å²) in [7, 11) is 0. The van der Waals surface area contributed by atoms with Gasteiger partial charge in [0, 0.05) is 19.3 Å². The van der Waals surface area contributed by atoms with Crippen LogP contribution in [0.5, 0.6) is 0 Å². The Bertz CT molecular complexity index is 1660. The van der Waals surface area contributed by atoms with Crippen LogP contribution < -0.4 is 0 Å². The molecule has 0 radical (unpaired) electrons. The SMILES string of the molecule is CC/C=C\C/C=C\C/C=C\C/C=C\CCCCCCCCCCCCCCCCC(=O)OCC(COC(=O)CCCCCCCCC/C=C\C/C=C\C/C=C\CC)OC(=O)CCCCCCCCCCC/C=C\C/C=C\CCCCCCC. The molecule has 0 aliphatic heterocycles. The number of allylic oxidation sites excluding steroid dienone is 18. The molecule has 0 spiro atoms. The number of carbonyl (C=O) groups excluding carboxylic acids is 3. The van der Waals surface area contributed by atoms with Gasteiger partial charge in [0.2, 0.25) is 0 Å². The van der Waals surface area contributed by atoms with Gasteiger partial charge in [-0.25, -0.2) is 0 Å². The lowest BCUT2D eigenvalue weighted by atomic mass is 10.0. The molecule has 0 rings (SSSR count). The minimum Gasteiger partial charge on any atom is -0.462 e. The maximum absolute atomic E-state index is 13.0. The smallest absolute Gasteiger partial charge is 0.306 e. The highest BCUT2D eigenvalue weighted by Gasteiger charge is 2.19. The Balaban J connectivity index is 4.34. The fourth-order valence-electron chi connectivity index (χ4n) is 10.0. The molecule has 0 aliphatic carbocycles. The number of esters is 3. The molecule has 0 saturated carbocycles. The maximum atomic E-state index is 13.0. The predicted molar refractivity (Wildman–Crippen MR) is 362 cm³/mol. The van der Waals surface area contributed by atoms with Crippen LogP contribution in [-0.4, -0.2) is 37.2 Å². The molecule has 0 saturated heterocycles. The summed E-state index contributed by atoms with van der Waals surface area (Å²) in [5.74, 6) is -0.882. The van der Waals surface area contributed by atoms with Crippen LogP contribution >= 0.6 is 0 Å². The van der Waals surface area contributed by atoms with E-state index in [9.17, 15) is 14.4 Å². The second-order valence-corrected chi connectivity index (χ2v) is 23.4. The summed E-state index contributed by atoms with van der Waals surface area (Å²) < 4.78 is 17.0. The van der Waals surface area contributed by atoms with Crippen molar-refractivity contribution in [1.82, 2.24) is 0 Å². The van der Waals surface area contributed by atoms with Gasteiger partial charge >= 0.3 is 17.9 Å². The summed E-state index contributed by atoms with van der Waals surface area (Å²) in [6.45, 7) is 6.44. The lowest BCUT2D eigenvalue weighted by Crippen LogP contribution is -2.30. The average molecular weight is 1150 g/mol. The van der Waals surface area contributed by atoms with Gasteiger partial charge in [-0.3, -0.25) is 14.4 Å². The number of hydrogen-bond acceptors (Lipinski definition) is 6. The van der Waals surface area contributed by atoms with E-state index in [0.717, 1.165) is 116 Å². The van der Waals surface area contributed by atoms with E-state index in [1.54, 1.807) is 0 Å². The lowest BCUT2D eigenvalue weighted by Gasteiger charge is -2.18. The highest BCUT2D eigenvalue weighted by Crippen LogP contribution is 2.17. The summed E-state index contributed by atoms with van der Waals surface area (Å²) in [6, 6.07) is 0. The number of hydrogen-bond donors (Lipinski definition) is 0. The molecule has 0 aliphatic rings. The van der Waals surface area contributed by atoms with Gasteiger partial charge in [-0.1, -0.05) is 310 Å². The Morgan fingerprint density at radius 2 is 0.470 bits per heavy atom. The average Bonchev–Trinajstić information content (AvgIpc) is 3.49. The Kier molecular flexibility index (Phi) is 67.2. The van der Waals surface area contributed by atoms with E-state index in [2.05, 4.69) is 130 Å². The van der Waals surface area contributed by atoms with Crippen molar-refractivity contribution in [2.24, 2.45) is 0 Å². The van der Waals surface area contributed by atoms with Gasteiger partial charge in [-0.2, -0.15) is 0 Å². The summed E-state index contributed by atoms with van der Waals surface area (Å²) in [4.78, 5) is 38.5. The normalized spacial score (nSPS) is 12.8. The summed E-state index contributed by atoms with van der Waals surface area (Å²) in [6.07, 6.45) is 96.8. The van der Waals surface area contributed by atoms with Gasteiger partial charge < -0.3 is 14.2 Å². The quantitative estimate of drug-likeness (QED) is 0.0261. The summed E-state index contributed by atoms with van der Waals surface area (Å²) >= 11 is 0. The lowest BCUT2D eigenvalue weighted by molar-refractivity contribution is -0.167. The number of ether oxygens (including phenoxy) is 3. The van der Waals surface area contributed by atoms with Gasteiger partial charge in [0.1, 0.15) is 13.2 Å². The molecule has 476 valence electrons. The summed E-state index contributed by atoms with van der Waals surface area (Å²) in [5, 5.41) is 0. The third-order valence-corrected chi connectivity index (χ3v) is 15.2. The van der Waals surface area contributed by atoms with Gasteiger partial charge in [-0.05, 0) is 122 Å². The van der Waals surface area contributed by atoms with E-state index in [1.807, 2.05) is 0 Å². The largest absolute Gasteiger partial charge is 0.462 e. The zero-order valence-electron chi connectivity index (χ0n) is 54.7. The van der Waals surface area contributed by atoms with Crippen LogP contribution in [0.1, 0.15) is 342 Å². The van der Waals surface area contributed by atoms with Crippen LogP contribution in [0, 0.1) is 0 Å². The minimum atomic E-state index is -0.788. The molecule has 0 N–H and O–H groups in total. The number of rotatable bonds is 64. The van der Waals surface area contributed by atoms with Crippen molar-refractivity contribution in [3.05, 3.63) is 109 Å². The fraction of sp³-hybridized carbons (Fsp3) is 0.727. The van der Waals surface area contributed by atoms with Gasteiger partial charge in [0.05, 0.1) is 0 Å². The molecule has 0 bridgehead atoms. The Labute approximate surface area is 514 Å². The zero-order valence-corrected chi connectivity index (χ0v) is 54.7. The Morgan fingerprint density at radius 3 is 0.735 bits per heavy atom. The second-order valence-electron chi connectivity index (χ2n) is 23.4. The molecule has 1 atom stereocenters. The van der Waals surface area contributed by atoms with Crippen molar-refractivity contribution in [3.63, 3.8) is 0 Å². The molecule has 0 aromatic heterocycles. The van der Waals surface area contributed by atoms with Crippen molar-refractivity contribution < 1.29 is 28.6 Å². The first-order chi connectivity index (χ1) is 41.0. The highest BCUT2D eigenvalue weighted by molar-refractivity contribution is 5.71. The highest BCUT2D eigenvalue weighted by atomic mass is 16.6. The van der Waals surface area contributed by atoms with E-state index in [4.69, 9.17) is 14.2 Å². The van der Waals surface area contributed by atoms with Crippen molar-refractivity contribution in [2.45, 2.75) is 348 Å². The first-order valence-electron chi connectivity index (χ1n) is 35.4. The number of carbonyl (C=O) groups is 3. The van der Waals surface area contributed by atoms with Crippen molar-refractivity contribution in [1.29, 1.82) is 0 Å². The van der Waals surface area contributed by atoms with Crippen LogP contribution in [0.3, 0.4) is 0 Å². The van der Waals surface area contributed by atoms with E-state index in [1.165, 1.54) is 186 Å². The third-order valence-electron chi connectivity index (χ3n) is 15.2. The molecule has 0 fully saturated rings. The van der Waals surface area contributed by atoms with Crippen molar-refractivity contribution in [2.75, 3.05) is 13.2 Å². The molecular formula is C77H132O6. The molecule has 0 aromatic rings. The van der Waals surface area contributed by atoms with Crippen molar-refractivity contribution >= 4 is 17.9 Å². The fourth-order valence-corrected chi connectivity index (χ4v) is 10.0. The Morgan fingerprint density at radius 1 is 0.253 bits per heavy atom. The molecular weight excluding hydrogens is 1020 g/mol. The second kappa shape index (κ2) is 70.6. The first-order valence-corrected chi connectivity index (χ1v) is 35.4. The molecule has 0 aromatic carbocycles. The molecule has 83 heavy (non-hydrogen) atoms. The van der Waals surface area contributed by atoms with Crippen LogP contribution in [0.4, 0.5) is 0 Å². The first kappa shape index (κ1) is 79.1. The minimum absolute atomic E-state index is 0.0821. The zero-order chi connectivity index (χ0) is 59.9. The standard InChI is InChI=1S/C77H132O6/c1-4-7-10-13-16-19-22-25-28-31-33-35-36-37-38-39-40-42-43-46-49-52-55-58-61-64-67-70-76(79)82-73-74(72-81-75(78)69-66-63-60-57-54-51-48-45-30-27-24-21-18-15-12-9-6-3)83-77(80)71-68-65-62-59-56-53-50-47-44-41-34-32-29-26-23-20-17-14-11-8-5-2/h7,9-10,12,16,18-19,21,23,25-28,30,32-35,74H,4-6,8,11,13-15,17,20,22,24,29,31,36-73H2,1-3H3/b10-7-,12-9-,19-16-,21-18-,26-23-,28-25-,30-27-,34-32-,35-33-. The van der Waals surface area contributed by atoms with E-state index in [0.29, 0.717) is 19.3 Å². The monoisotopic (exact) mass is 1150 g/mol. The molecule has 0 heterocycles. The van der Waals surface area contributed by atoms with Crippen LogP contribution in [-0.2, 0) is 28.6 Å². The summed E-state index contributed by atoms with van der Waals surface area (Å²) in [5.41, 5.74) is 0. The van der Waals surface area contributed by atoms with Gasteiger partial charge in [-0.15, -0.1) is 0 Å². The molecule has 6 heteroatoms. The van der Waals surface area contributed by atoms with Crippen LogP contribution in [0.25, 0.3) is 0 Å². The third kappa shape index (κ3) is 68.7. The topological polar surface area (TPSA) is 78.9 Å². The molecule has 6 nitrogen and oxygen atoms in total. The molecule has 0 amide bonds. The van der Waals surface area contributed by atoms with Crippen LogP contribution in [0.15, 0.2) is 109 Å². The van der Waals surface area contributed by atoms with Crippen LogP contribution in [0.2, 0.25) is 0 Å². The predicted octanol–water partition coefficient (Wildman–Crippen LogP) is 24.6. The maximum Gasteiger partial charge on any atom is 0.306 e. The van der Waals surface area contributed by atoms with E-state index in [-0.39, 0.29) is 31.1 Å². The van der Waals surface area contributed by atoms with Gasteiger partial charge in [0.25, 0.3) is 0 Å². The Hall–Kier alpha value is -3.93. The van der Waals surface area contributed by atoms with Gasteiger partial charge in [0.15, 0.2) is 6.10 Å². The van der Waals surface area contributed by atoms with E-state index >= 15 is 0 Å². The number of unbranched alkanes of at least 4 members (excludes halogenated alkanes) is 35. The van der Waals surface area contributed by atoms with Crippen molar-refractivity contribution in [3.8, 4) is 0 Å². The van der Waals surface area contributed by atoms with E-state index < -0.39 is 6.10 Å².